The van der Waals surface area contributed by atoms with Crippen molar-refractivity contribution in [1.82, 2.24) is 4.90 Å². The molecule has 0 aliphatic carbocycles. The molecule has 228 valence electrons. The van der Waals surface area contributed by atoms with Crippen LogP contribution in [0.25, 0.3) is 0 Å². The highest BCUT2D eigenvalue weighted by Gasteiger charge is 2.41. The quantitative estimate of drug-likeness (QED) is 0.150. The van der Waals surface area contributed by atoms with Gasteiger partial charge in [-0.25, -0.2) is 0 Å². The van der Waals surface area contributed by atoms with Gasteiger partial charge in [-0.15, -0.1) is 0 Å². The lowest BCUT2D eigenvalue weighted by Gasteiger charge is -2.42. The minimum Gasteiger partial charge on any atom is -0.465 e. The van der Waals surface area contributed by atoms with E-state index < -0.39 is 23.5 Å². The molecule has 1 aliphatic heterocycles. The number of hydrogen-bond donors (Lipinski definition) is 1. The minimum absolute atomic E-state index is 0.0660. The van der Waals surface area contributed by atoms with Crippen molar-refractivity contribution >= 4 is 17.7 Å². The number of ether oxygens (including phenoxy) is 2. The van der Waals surface area contributed by atoms with Crippen molar-refractivity contribution in [1.29, 1.82) is 0 Å². The number of hydrogen-bond acceptors (Lipinski definition) is 7. The smallest absolute Gasteiger partial charge is 0.320 e. The van der Waals surface area contributed by atoms with Gasteiger partial charge in [0.2, 0.25) is 0 Å². The molecule has 0 unspecified atom stereocenters. The van der Waals surface area contributed by atoms with Crippen molar-refractivity contribution in [2.75, 3.05) is 32.8 Å². The summed E-state index contributed by atoms with van der Waals surface area (Å²) in [6.07, 6.45) is 3.08. The largest absolute Gasteiger partial charge is 0.465 e. The van der Waals surface area contributed by atoms with E-state index >= 15 is 0 Å². The van der Waals surface area contributed by atoms with Gasteiger partial charge in [0.15, 0.2) is 11.7 Å². The monoisotopic (exact) mass is 585 g/mol. The first-order valence-corrected chi connectivity index (χ1v) is 15.4. The Bertz CT molecular complexity index is 1260. The van der Waals surface area contributed by atoms with Crippen LogP contribution in [0.5, 0.6) is 0 Å². The van der Waals surface area contributed by atoms with Gasteiger partial charge in [-0.3, -0.25) is 14.4 Å². The van der Waals surface area contributed by atoms with Crippen molar-refractivity contribution in [3.8, 4) is 0 Å². The zero-order valence-corrected chi connectivity index (χ0v) is 25.2. The number of esters is 2. The maximum atomic E-state index is 12.9. The number of nitrogens with zero attached hydrogens (tertiary/aromatic N) is 1. The van der Waals surface area contributed by atoms with Gasteiger partial charge in [-0.2, -0.15) is 0 Å². The van der Waals surface area contributed by atoms with Crippen LogP contribution >= 0.6 is 0 Å². The van der Waals surface area contributed by atoms with Crippen LogP contribution in [0.15, 0.2) is 84.9 Å². The highest BCUT2D eigenvalue weighted by atomic mass is 16.6. The average molecular weight is 586 g/mol. The lowest BCUT2D eigenvalue weighted by molar-refractivity contribution is -0.161. The molecule has 7 nitrogen and oxygen atoms in total. The maximum absolute atomic E-state index is 12.9. The molecule has 1 heterocycles. The van der Waals surface area contributed by atoms with Crippen molar-refractivity contribution in [3.05, 3.63) is 107 Å². The summed E-state index contributed by atoms with van der Waals surface area (Å²) in [6.45, 7) is 6.33. The number of likely N-dealkylation sites (tertiary alicyclic amines) is 1. The van der Waals surface area contributed by atoms with E-state index in [1.54, 1.807) is 38.1 Å². The number of benzene rings is 3. The van der Waals surface area contributed by atoms with Gasteiger partial charge in [0.1, 0.15) is 5.60 Å². The second kappa shape index (κ2) is 15.6. The van der Waals surface area contributed by atoms with Gasteiger partial charge in [-0.05, 0) is 81.8 Å². The predicted octanol–water partition coefficient (Wildman–Crippen LogP) is 5.58. The Morgan fingerprint density at radius 3 is 1.81 bits per heavy atom. The van der Waals surface area contributed by atoms with E-state index in [9.17, 15) is 19.5 Å². The summed E-state index contributed by atoms with van der Waals surface area (Å²) in [5.74, 6) is -2.07. The van der Waals surface area contributed by atoms with Gasteiger partial charge in [0.25, 0.3) is 0 Å². The summed E-state index contributed by atoms with van der Waals surface area (Å²) in [4.78, 5) is 39.9. The Balaban J connectivity index is 1.28. The third-order valence-corrected chi connectivity index (χ3v) is 8.34. The lowest BCUT2D eigenvalue weighted by atomic mass is 9.72. The first-order chi connectivity index (χ1) is 20.9. The molecule has 0 spiro atoms. The molecular weight excluding hydrogens is 542 g/mol. The van der Waals surface area contributed by atoms with Crippen LogP contribution in [-0.4, -0.2) is 60.6 Å². The van der Waals surface area contributed by atoms with Crippen molar-refractivity contribution < 1.29 is 29.0 Å². The Hall–Kier alpha value is -3.81. The number of carbonyl (C=O) groups is 3. The molecule has 0 atom stereocenters. The fourth-order valence-corrected chi connectivity index (χ4v) is 6.02. The average Bonchev–Trinajstić information content (AvgIpc) is 3.04. The molecule has 4 rings (SSSR count). The SMILES string of the molecule is CCOC(=O)C(Cc1ccc(C(=O)CCCN2CCC(C(O)(c3ccccc3)c3ccccc3)CC2)cc1)C(=O)OCC. The molecule has 1 N–H and O–H groups in total. The van der Waals surface area contributed by atoms with Gasteiger partial charge >= 0.3 is 11.9 Å². The molecule has 7 heteroatoms. The minimum atomic E-state index is -1.04. The van der Waals surface area contributed by atoms with Gasteiger partial charge in [0, 0.05) is 12.0 Å². The number of aliphatic hydroxyl groups is 1. The highest BCUT2D eigenvalue weighted by Crippen LogP contribution is 2.41. The van der Waals surface area contributed by atoms with E-state index in [0.29, 0.717) is 12.0 Å². The molecule has 1 fully saturated rings. The lowest BCUT2D eigenvalue weighted by Crippen LogP contribution is -2.44. The number of rotatable bonds is 14. The molecule has 3 aromatic rings. The van der Waals surface area contributed by atoms with Crippen LogP contribution in [0, 0.1) is 11.8 Å². The standard InChI is InChI=1S/C36H43NO6/c1-3-42-34(39)32(35(40)43-4-2)26-27-17-19-28(20-18-27)33(38)16-11-23-37-24-21-31(22-25-37)36(41,29-12-7-5-8-13-29)30-14-9-6-10-15-30/h5-10,12-15,17-20,31-32,41H,3-4,11,16,21-26H2,1-2H3. The summed E-state index contributed by atoms with van der Waals surface area (Å²) in [6, 6.07) is 27.0. The second-order valence-corrected chi connectivity index (χ2v) is 11.1. The van der Waals surface area contributed by atoms with Crippen LogP contribution in [0.2, 0.25) is 0 Å². The Labute approximate surface area is 254 Å². The van der Waals surface area contributed by atoms with E-state index in [-0.39, 0.29) is 31.3 Å². The molecule has 0 radical (unpaired) electrons. The zero-order valence-electron chi connectivity index (χ0n) is 25.2. The summed E-state index contributed by atoms with van der Waals surface area (Å²) in [5.41, 5.74) is 2.18. The molecular formula is C36H43NO6. The molecule has 0 amide bonds. The molecule has 0 saturated carbocycles. The van der Waals surface area contributed by atoms with E-state index in [1.807, 2.05) is 60.7 Å². The van der Waals surface area contributed by atoms with E-state index in [2.05, 4.69) is 4.90 Å². The normalized spacial score (nSPS) is 14.4. The Kier molecular flexibility index (Phi) is 11.6. The summed E-state index contributed by atoms with van der Waals surface area (Å²) >= 11 is 0. The third kappa shape index (κ3) is 8.18. The Morgan fingerprint density at radius 2 is 1.33 bits per heavy atom. The van der Waals surface area contributed by atoms with Crippen molar-refractivity contribution in [3.63, 3.8) is 0 Å². The molecule has 3 aromatic carbocycles. The summed E-state index contributed by atoms with van der Waals surface area (Å²) in [7, 11) is 0. The van der Waals surface area contributed by atoms with E-state index in [0.717, 1.165) is 55.6 Å². The van der Waals surface area contributed by atoms with Gasteiger partial charge < -0.3 is 19.5 Å². The van der Waals surface area contributed by atoms with Gasteiger partial charge in [0.05, 0.1) is 13.2 Å². The highest BCUT2D eigenvalue weighted by molar-refractivity contribution is 5.96. The van der Waals surface area contributed by atoms with Gasteiger partial charge in [-0.1, -0.05) is 84.9 Å². The molecule has 0 aromatic heterocycles. The number of ketones is 1. The van der Waals surface area contributed by atoms with Crippen molar-refractivity contribution in [2.24, 2.45) is 11.8 Å². The number of Topliss-reactive ketones (excluding diaryl/α,β-unsaturated/α-hetero) is 1. The zero-order chi connectivity index (χ0) is 30.7. The van der Waals surface area contributed by atoms with E-state index in [4.69, 9.17) is 9.47 Å². The van der Waals surface area contributed by atoms with Crippen LogP contribution < -0.4 is 0 Å². The van der Waals surface area contributed by atoms with Crippen LogP contribution in [0.3, 0.4) is 0 Å². The van der Waals surface area contributed by atoms with Crippen molar-refractivity contribution in [2.45, 2.75) is 51.6 Å². The number of piperidine rings is 1. The maximum Gasteiger partial charge on any atom is 0.320 e. The topological polar surface area (TPSA) is 93.1 Å². The van der Waals surface area contributed by atoms with Crippen LogP contribution in [0.4, 0.5) is 0 Å². The third-order valence-electron chi connectivity index (χ3n) is 8.34. The fraction of sp³-hybridized carbons (Fsp3) is 0.417. The molecule has 1 aliphatic rings. The van der Waals surface area contributed by atoms with Crippen LogP contribution in [0.1, 0.15) is 66.6 Å². The first-order valence-electron chi connectivity index (χ1n) is 15.4. The number of carbonyl (C=O) groups excluding carboxylic acids is 3. The predicted molar refractivity (Wildman–Crippen MR) is 166 cm³/mol. The molecule has 43 heavy (non-hydrogen) atoms. The molecule has 1 saturated heterocycles. The van der Waals surface area contributed by atoms with Crippen LogP contribution in [-0.2, 0) is 31.1 Å². The summed E-state index contributed by atoms with van der Waals surface area (Å²) < 4.78 is 10.1. The summed E-state index contributed by atoms with van der Waals surface area (Å²) in [5, 5.41) is 12.1. The van der Waals surface area contributed by atoms with E-state index in [1.165, 1.54) is 0 Å². The first kappa shape index (κ1) is 32.1. The Morgan fingerprint density at radius 1 is 0.814 bits per heavy atom. The second-order valence-electron chi connectivity index (χ2n) is 11.1. The fourth-order valence-electron chi connectivity index (χ4n) is 6.02. The molecule has 0 bridgehead atoms.